The van der Waals surface area contributed by atoms with Crippen molar-refractivity contribution in [2.75, 3.05) is 13.2 Å². The molecule has 2 aromatic rings. The number of aryl methyl sites for hydroxylation is 1. The molecule has 0 bridgehead atoms. The number of aliphatic hydroxyl groups excluding tert-OH is 1. The molecular formula is C19H23ClN2O2. The van der Waals surface area contributed by atoms with Gasteiger partial charge in [-0.2, -0.15) is 0 Å². The number of amides is 1. The molecule has 1 aromatic carbocycles. The summed E-state index contributed by atoms with van der Waals surface area (Å²) in [7, 11) is 0. The number of hydrogen-bond donors (Lipinski definition) is 1. The van der Waals surface area contributed by atoms with Gasteiger partial charge in [-0.05, 0) is 50.5 Å². The van der Waals surface area contributed by atoms with Crippen molar-refractivity contribution in [2.24, 2.45) is 5.92 Å². The van der Waals surface area contributed by atoms with Crippen LogP contribution in [0.2, 0.25) is 5.02 Å². The van der Waals surface area contributed by atoms with E-state index in [-0.39, 0.29) is 18.6 Å². The fourth-order valence-corrected chi connectivity index (χ4v) is 3.87. The number of rotatable bonds is 3. The molecule has 24 heavy (non-hydrogen) atoms. The summed E-state index contributed by atoms with van der Waals surface area (Å²) >= 11 is 6.11. The Morgan fingerprint density at radius 2 is 2.08 bits per heavy atom. The average Bonchev–Trinajstić information content (AvgIpc) is 3.06. The Hall–Kier alpha value is -1.78. The molecule has 2 unspecified atom stereocenters. The highest BCUT2D eigenvalue weighted by Crippen LogP contribution is 2.28. The fraction of sp³-hybridized carbons (Fsp3) is 0.421. The summed E-state index contributed by atoms with van der Waals surface area (Å²) in [6.45, 7) is 6.74. The van der Waals surface area contributed by atoms with Crippen LogP contribution in [0.5, 0.6) is 0 Å². The van der Waals surface area contributed by atoms with E-state index in [2.05, 4.69) is 6.92 Å². The number of likely N-dealkylation sites (tertiary alicyclic amines) is 1. The quantitative estimate of drug-likeness (QED) is 0.923. The number of benzene rings is 1. The molecule has 5 heteroatoms. The van der Waals surface area contributed by atoms with Crippen molar-refractivity contribution in [1.82, 2.24) is 9.47 Å². The number of aromatic nitrogens is 1. The first-order chi connectivity index (χ1) is 11.4. The van der Waals surface area contributed by atoms with Crippen molar-refractivity contribution in [3.8, 4) is 5.69 Å². The first kappa shape index (κ1) is 17.1. The van der Waals surface area contributed by atoms with Crippen molar-refractivity contribution in [3.05, 3.63) is 52.3 Å². The second kappa shape index (κ2) is 6.61. The largest absolute Gasteiger partial charge is 0.394 e. The Balaban J connectivity index is 1.99. The Labute approximate surface area is 147 Å². The zero-order chi connectivity index (χ0) is 17.4. The van der Waals surface area contributed by atoms with Crippen molar-refractivity contribution < 1.29 is 9.90 Å². The summed E-state index contributed by atoms with van der Waals surface area (Å²) in [5, 5.41) is 10.3. The molecule has 0 radical (unpaired) electrons. The van der Waals surface area contributed by atoms with E-state index in [0.29, 0.717) is 23.0 Å². The van der Waals surface area contributed by atoms with E-state index >= 15 is 0 Å². The van der Waals surface area contributed by atoms with Crippen LogP contribution in [-0.4, -0.2) is 39.7 Å². The third-order valence-electron chi connectivity index (χ3n) is 5.06. The predicted octanol–water partition coefficient (Wildman–Crippen LogP) is 3.59. The monoisotopic (exact) mass is 346 g/mol. The third-order valence-corrected chi connectivity index (χ3v) is 5.29. The Kier molecular flexibility index (Phi) is 4.70. The van der Waals surface area contributed by atoms with E-state index in [9.17, 15) is 9.90 Å². The first-order valence-corrected chi connectivity index (χ1v) is 8.68. The molecule has 1 amide bonds. The Morgan fingerprint density at radius 1 is 1.33 bits per heavy atom. The van der Waals surface area contributed by atoms with Crippen molar-refractivity contribution >= 4 is 17.5 Å². The average molecular weight is 347 g/mol. The standard InChI is InChI=1S/C19H23ClN2O2/c1-12-7-8-21(18(12)11-23)19(24)17-9-13(2)22(14(17)3)16-6-4-5-15(20)10-16/h4-6,9-10,12,18,23H,7-8,11H2,1-3H3. The molecule has 1 fully saturated rings. The lowest BCUT2D eigenvalue weighted by Gasteiger charge is -2.25. The summed E-state index contributed by atoms with van der Waals surface area (Å²) in [5.41, 5.74) is 3.53. The summed E-state index contributed by atoms with van der Waals surface area (Å²) < 4.78 is 2.05. The van der Waals surface area contributed by atoms with Crippen LogP contribution in [0.15, 0.2) is 30.3 Å². The van der Waals surface area contributed by atoms with Gasteiger partial charge in [0.05, 0.1) is 18.2 Å². The van der Waals surface area contributed by atoms with Crippen molar-refractivity contribution in [3.63, 3.8) is 0 Å². The van der Waals surface area contributed by atoms with Gasteiger partial charge in [-0.3, -0.25) is 4.79 Å². The minimum Gasteiger partial charge on any atom is -0.394 e. The maximum atomic E-state index is 13.0. The number of nitrogens with zero attached hydrogens (tertiary/aromatic N) is 2. The van der Waals surface area contributed by atoms with E-state index in [1.807, 2.05) is 53.6 Å². The molecule has 1 aliphatic heterocycles. The van der Waals surface area contributed by atoms with Gasteiger partial charge in [-0.1, -0.05) is 24.6 Å². The predicted molar refractivity (Wildman–Crippen MR) is 95.9 cm³/mol. The molecule has 1 aromatic heterocycles. The first-order valence-electron chi connectivity index (χ1n) is 8.30. The maximum Gasteiger partial charge on any atom is 0.256 e. The van der Waals surface area contributed by atoms with Gasteiger partial charge >= 0.3 is 0 Å². The molecule has 0 spiro atoms. The zero-order valence-electron chi connectivity index (χ0n) is 14.3. The number of carbonyl (C=O) groups is 1. The van der Waals surface area contributed by atoms with Gasteiger partial charge in [0, 0.05) is 28.6 Å². The minimum atomic E-state index is -0.0910. The third kappa shape index (κ3) is 2.85. The summed E-state index contributed by atoms with van der Waals surface area (Å²) in [5.74, 6) is 0.329. The van der Waals surface area contributed by atoms with E-state index < -0.39 is 0 Å². The van der Waals surface area contributed by atoms with Crippen LogP contribution in [0.25, 0.3) is 5.69 Å². The lowest BCUT2D eigenvalue weighted by Crippen LogP contribution is -2.40. The van der Waals surface area contributed by atoms with Gasteiger partial charge in [0.15, 0.2) is 0 Å². The van der Waals surface area contributed by atoms with Gasteiger partial charge in [-0.25, -0.2) is 0 Å². The van der Waals surface area contributed by atoms with Gasteiger partial charge in [-0.15, -0.1) is 0 Å². The summed E-state index contributed by atoms with van der Waals surface area (Å²) in [6.07, 6.45) is 0.935. The van der Waals surface area contributed by atoms with Gasteiger partial charge in [0.2, 0.25) is 0 Å². The lowest BCUT2D eigenvalue weighted by atomic mass is 10.0. The second-order valence-corrected chi connectivity index (χ2v) is 7.05. The highest BCUT2D eigenvalue weighted by Gasteiger charge is 2.35. The highest BCUT2D eigenvalue weighted by molar-refractivity contribution is 6.30. The molecule has 2 atom stereocenters. The van der Waals surface area contributed by atoms with Gasteiger partial charge in [0.25, 0.3) is 5.91 Å². The van der Waals surface area contributed by atoms with E-state index in [1.165, 1.54) is 0 Å². The fourth-order valence-electron chi connectivity index (χ4n) is 3.69. The molecule has 1 saturated heterocycles. The number of carbonyl (C=O) groups excluding carboxylic acids is 1. The summed E-state index contributed by atoms with van der Waals surface area (Å²) in [6, 6.07) is 9.45. The van der Waals surface area contributed by atoms with Crippen molar-refractivity contribution in [2.45, 2.75) is 33.2 Å². The van der Waals surface area contributed by atoms with Crippen LogP contribution in [0, 0.1) is 19.8 Å². The Morgan fingerprint density at radius 3 is 2.75 bits per heavy atom. The molecular weight excluding hydrogens is 324 g/mol. The van der Waals surface area contributed by atoms with Crippen LogP contribution < -0.4 is 0 Å². The lowest BCUT2D eigenvalue weighted by molar-refractivity contribution is 0.0647. The molecule has 0 saturated carbocycles. The zero-order valence-corrected chi connectivity index (χ0v) is 15.0. The van der Waals surface area contributed by atoms with Gasteiger partial charge in [0.1, 0.15) is 0 Å². The molecule has 1 aliphatic rings. The van der Waals surface area contributed by atoms with E-state index in [0.717, 1.165) is 23.5 Å². The highest BCUT2D eigenvalue weighted by atomic mass is 35.5. The van der Waals surface area contributed by atoms with Crippen LogP contribution in [0.4, 0.5) is 0 Å². The Bertz CT molecular complexity index is 769. The molecule has 4 nitrogen and oxygen atoms in total. The number of halogens is 1. The van der Waals surface area contributed by atoms with Gasteiger partial charge < -0.3 is 14.6 Å². The van der Waals surface area contributed by atoms with E-state index in [4.69, 9.17) is 11.6 Å². The molecule has 0 aliphatic carbocycles. The summed E-state index contributed by atoms with van der Waals surface area (Å²) in [4.78, 5) is 14.8. The smallest absolute Gasteiger partial charge is 0.256 e. The molecule has 2 heterocycles. The van der Waals surface area contributed by atoms with Crippen LogP contribution in [0.3, 0.4) is 0 Å². The molecule has 3 rings (SSSR count). The van der Waals surface area contributed by atoms with Crippen LogP contribution in [0.1, 0.15) is 35.1 Å². The van der Waals surface area contributed by atoms with Crippen molar-refractivity contribution in [1.29, 1.82) is 0 Å². The maximum absolute atomic E-state index is 13.0. The number of hydrogen-bond acceptors (Lipinski definition) is 2. The number of aliphatic hydroxyl groups is 1. The normalized spacial score (nSPS) is 20.6. The molecule has 128 valence electrons. The molecule has 1 N–H and O–H groups in total. The van der Waals surface area contributed by atoms with Crippen LogP contribution >= 0.6 is 11.6 Å². The van der Waals surface area contributed by atoms with E-state index in [1.54, 1.807) is 0 Å². The van der Waals surface area contributed by atoms with Crippen LogP contribution in [-0.2, 0) is 0 Å². The second-order valence-electron chi connectivity index (χ2n) is 6.61. The minimum absolute atomic E-state index is 0.000205. The SMILES string of the molecule is Cc1cc(C(=O)N2CCC(C)C2CO)c(C)n1-c1cccc(Cl)c1. The topological polar surface area (TPSA) is 45.5 Å².